The molecule has 4 fully saturated rings. The Morgan fingerprint density at radius 3 is 1.84 bits per heavy atom. The van der Waals surface area contributed by atoms with E-state index in [1.807, 2.05) is 0 Å². The van der Waals surface area contributed by atoms with Crippen LogP contribution >= 0.6 is 0 Å². The summed E-state index contributed by atoms with van der Waals surface area (Å²) in [5.74, 6) is -12.9. The Hall–Kier alpha value is -1.68. The average Bonchev–Trinajstić information content (AvgIpc) is 2.76. The SMILES string of the molecule is CCCOC(=O)C(OCCCC(F)(F)C(F)(F)S(=O)(=O)O)(OC(=O)C12CC3CC(CC(C3)C1)C2)C(F)(F)F. The second-order valence-electron chi connectivity index (χ2n) is 10.5. The van der Waals surface area contributed by atoms with Gasteiger partial charge in [-0.25, -0.2) is 4.79 Å². The van der Waals surface area contributed by atoms with Gasteiger partial charge in [-0.3, -0.25) is 9.35 Å². The van der Waals surface area contributed by atoms with E-state index in [2.05, 4.69) is 9.47 Å². The summed E-state index contributed by atoms with van der Waals surface area (Å²) in [6.45, 7) is -0.554. The minimum atomic E-state index is -6.56. The molecule has 0 aromatic rings. The van der Waals surface area contributed by atoms with E-state index in [1.165, 1.54) is 6.92 Å². The molecule has 0 aromatic heterocycles. The molecule has 1 atom stereocenters. The number of carbonyl (C=O) groups excluding carboxylic acids is 2. The predicted molar refractivity (Wildman–Crippen MR) is 113 cm³/mol. The Balaban J connectivity index is 1.82. The zero-order valence-corrected chi connectivity index (χ0v) is 21.2. The van der Waals surface area contributed by atoms with Crippen LogP contribution < -0.4 is 0 Å². The van der Waals surface area contributed by atoms with Crippen LogP contribution in [0, 0.1) is 23.2 Å². The van der Waals surface area contributed by atoms with Gasteiger partial charge in [0.2, 0.25) is 0 Å². The number of ether oxygens (including phenoxy) is 3. The average molecular weight is 587 g/mol. The van der Waals surface area contributed by atoms with Gasteiger partial charge in [-0.05, 0) is 69.1 Å². The van der Waals surface area contributed by atoms with E-state index in [0.29, 0.717) is 0 Å². The monoisotopic (exact) mass is 586 g/mol. The van der Waals surface area contributed by atoms with Gasteiger partial charge in [-0.2, -0.15) is 39.2 Å². The lowest BCUT2D eigenvalue weighted by atomic mass is 9.49. The second kappa shape index (κ2) is 10.4. The molecule has 0 spiro atoms. The standard InChI is InChI=1S/C22H29F7O8S/c1-2-5-35-17(31)20(21(25,26)27,36-6-3-4-19(23,24)22(28,29)38(32,33)34)37-16(30)18-10-13-7-14(11-18)9-15(8-13)12-18/h13-15H,2-12H2,1H3,(H,32,33,34). The maximum Gasteiger partial charge on any atom is 0.468 e. The van der Waals surface area contributed by atoms with Crippen molar-refractivity contribution in [1.29, 1.82) is 0 Å². The molecule has 0 aliphatic heterocycles. The van der Waals surface area contributed by atoms with Crippen molar-refractivity contribution in [2.75, 3.05) is 13.2 Å². The molecule has 4 aliphatic rings. The molecule has 4 bridgehead atoms. The van der Waals surface area contributed by atoms with Crippen molar-refractivity contribution in [3.05, 3.63) is 0 Å². The van der Waals surface area contributed by atoms with E-state index in [1.54, 1.807) is 0 Å². The zero-order valence-electron chi connectivity index (χ0n) is 20.4. The Kier molecular flexibility index (Phi) is 8.43. The van der Waals surface area contributed by atoms with Crippen molar-refractivity contribution in [3.8, 4) is 0 Å². The fraction of sp³-hybridized carbons (Fsp3) is 0.909. The lowest BCUT2D eigenvalue weighted by Crippen LogP contribution is -2.61. The van der Waals surface area contributed by atoms with E-state index in [4.69, 9.17) is 9.29 Å². The highest BCUT2D eigenvalue weighted by Crippen LogP contribution is 2.61. The fourth-order valence-electron chi connectivity index (χ4n) is 6.12. The van der Waals surface area contributed by atoms with Gasteiger partial charge in [0.15, 0.2) is 0 Å². The van der Waals surface area contributed by atoms with Gasteiger partial charge in [0.05, 0.1) is 18.6 Å². The number of halogens is 7. The largest absolute Gasteiger partial charge is 0.468 e. The van der Waals surface area contributed by atoms with Crippen molar-refractivity contribution in [2.45, 2.75) is 87.9 Å². The first-order valence-electron chi connectivity index (χ1n) is 12.1. The van der Waals surface area contributed by atoms with E-state index >= 15 is 0 Å². The summed E-state index contributed by atoms with van der Waals surface area (Å²) in [5.41, 5.74) is -1.29. The van der Waals surface area contributed by atoms with Crippen molar-refractivity contribution in [2.24, 2.45) is 23.2 Å². The van der Waals surface area contributed by atoms with Crippen LogP contribution in [0.3, 0.4) is 0 Å². The van der Waals surface area contributed by atoms with Crippen molar-refractivity contribution >= 4 is 22.1 Å². The highest BCUT2D eigenvalue weighted by atomic mass is 32.2. The molecule has 0 aromatic carbocycles. The number of alkyl halides is 7. The molecule has 1 unspecified atom stereocenters. The summed E-state index contributed by atoms with van der Waals surface area (Å²) in [5, 5.41) is -5.94. The van der Waals surface area contributed by atoms with Crippen LogP contribution in [0.5, 0.6) is 0 Å². The molecular formula is C22H29F7O8S. The number of hydrogen-bond donors (Lipinski definition) is 1. The molecule has 0 heterocycles. The maximum absolute atomic E-state index is 14.3. The number of rotatable bonds is 12. The molecule has 1 N–H and O–H groups in total. The molecule has 0 radical (unpaired) electrons. The molecule has 8 nitrogen and oxygen atoms in total. The second-order valence-corrected chi connectivity index (χ2v) is 11.9. The first-order chi connectivity index (χ1) is 17.3. The van der Waals surface area contributed by atoms with Crippen LogP contribution in [-0.2, 0) is 33.9 Å². The third-order valence-corrected chi connectivity index (χ3v) is 8.42. The Morgan fingerprint density at radius 2 is 1.42 bits per heavy atom. The Bertz CT molecular complexity index is 978. The summed E-state index contributed by atoms with van der Waals surface area (Å²) < 4.78 is 141. The Labute approximate surface area is 214 Å². The summed E-state index contributed by atoms with van der Waals surface area (Å²) in [6.07, 6.45) is -5.83. The molecule has 220 valence electrons. The highest BCUT2D eigenvalue weighted by molar-refractivity contribution is 7.87. The van der Waals surface area contributed by atoms with Crippen LogP contribution in [0.2, 0.25) is 0 Å². The van der Waals surface area contributed by atoms with E-state index in [9.17, 15) is 48.7 Å². The quantitative estimate of drug-likeness (QED) is 0.113. The van der Waals surface area contributed by atoms with E-state index < -0.39 is 76.7 Å². The van der Waals surface area contributed by atoms with Gasteiger partial charge < -0.3 is 14.2 Å². The van der Waals surface area contributed by atoms with Gasteiger partial charge in [-0.1, -0.05) is 6.92 Å². The molecule has 16 heteroatoms. The number of hydrogen-bond acceptors (Lipinski definition) is 7. The molecule has 4 saturated carbocycles. The molecule has 0 amide bonds. The maximum atomic E-state index is 14.3. The summed E-state index contributed by atoms with van der Waals surface area (Å²) in [7, 11) is -6.56. The summed E-state index contributed by atoms with van der Waals surface area (Å²) in [4.78, 5) is 25.8. The Morgan fingerprint density at radius 1 is 0.921 bits per heavy atom. The van der Waals surface area contributed by atoms with Crippen molar-refractivity contribution < 1.29 is 67.5 Å². The third kappa shape index (κ3) is 5.62. The normalized spacial score (nSPS) is 29.1. The zero-order chi connectivity index (χ0) is 28.8. The number of carbonyl (C=O) groups is 2. The lowest BCUT2D eigenvalue weighted by molar-refractivity contribution is -0.359. The van der Waals surface area contributed by atoms with Gasteiger partial charge in [0.1, 0.15) is 0 Å². The molecule has 0 saturated heterocycles. The predicted octanol–water partition coefficient (Wildman–Crippen LogP) is 4.87. The van der Waals surface area contributed by atoms with Crippen LogP contribution in [0.1, 0.15) is 64.7 Å². The van der Waals surface area contributed by atoms with Crippen LogP contribution in [0.25, 0.3) is 0 Å². The lowest BCUT2D eigenvalue weighted by Gasteiger charge is -2.55. The molecular weight excluding hydrogens is 557 g/mol. The molecule has 38 heavy (non-hydrogen) atoms. The minimum Gasteiger partial charge on any atom is -0.461 e. The van der Waals surface area contributed by atoms with Gasteiger partial charge in [0.25, 0.3) is 0 Å². The van der Waals surface area contributed by atoms with E-state index in [-0.39, 0.29) is 43.4 Å². The van der Waals surface area contributed by atoms with Gasteiger partial charge in [0, 0.05) is 6.42 Å². The van der Waals surface area contributed by atoms with Crippen LogP contribution in [-0.4, -0.2) is 61.3 Å². The smallest absolute Gasteiger partial charge is 0.461 e. The van der Waals surface area contributed by atoms with Crippen LogP contribution in [0.4, 0.5) is 30.7 Å². The molecule has 4 aliphatic carbocycles. The fourth-order valence-corrected chi connectivity index (χ4v) is 6.60. The molecule has 4 rings (SSSR count). The first kappa shape index (κ1) is 30.9. The van der Waals surface area contributed by atoms with E-state index in [0.717, 1.165) is 19.3 Å². The first-order valence-corrected chi connectivity index (χ1v) is 13.6. The topological polar surface area (TPSA) is 116 Å². The van der Waals surface area contributed by atoms with Gasteiger partial charge in [-0.15, -0.1) is 0 Å². The van der Waals surface area contributed by atoms with Crippen molar-refractivity contribution in [1.82, 2.24) is 0 Å². The van der Waals surface area contributed by atoms with Gasteiger partial charge >= 0.3 is 45.2 Å². The highest BCUT2D eigenvalue weighted by Gasteiger charge is 2.70. The minimum absolute atomic E-state index is 0.0690. The van der Waals surface area contributed by atoms with Crippen LogP contribution in [0.15, 0.2) is 0 Å². The number of esters is 2. The summed E-state index contributed by atoms with van der Waals surface area (Å²) in [6, 6.07) is 0. The third-order valence-electron chi connectivity index (χ3n) is 7.48. The summed E-state index contributed by atoms with van der Waals surface area (Å²) >= 11 is 0. The van der Waals surface area contributed by atoms with Crippen molar-refractivity contribution in [3.63, 3.8) is 0 Å².